The number of hydrogen-bond donors (Lipinski definition) is 2. The zero-order chi connectivity index (χ0) is 32.9. The predicted molar refractivity (Wildman–Crippen MR) is 168 cm³/mol. The van der Waals surface area contributed by atoms with Crippen LogP contribution in [0.3, 0.4) is 0 Å². The highest BCUT2D eigenvalue weighted by molar-refractivity contribution is 5.89. The van der Waals surface area contributed by atoms with E-state index in [1.165, 1.54) is 32.1 Å². The van der Waals surface area contributed by atoms with Gasteiger partial charge in [-0.1, -0.05) is 37.3 Å². The van der Waals surface area contributed by atoms with Gasteiger partial charge in [0, 0.05) is 51.3 Å². The number of alkyl halides is 2. The molecule has 6 rings (SSSR count). The summed E-state index contributed by atoms with van der Waals surface area (Å²) in [5, 5.41) is 15.0. The van der Waals surface area contributed by atoms with Gasteiger partial charge < -0.3 is 29.9 Å². The van der Waals surface area contributed by atoms with Gasteiger partial charge in [0.2, 0.25) is 23.6 Å². The molecule has 2 N–H and O–H groups in total. The molecule has 12 nitrogen and oxygen atoms in total. The average Bonchev–Trinajstić information content (AvgIpc) is 3.70. The Bertz CT molecular complexity index is 1220. The number of likely N-dealkylation sites (tertiary alicyclic amines) is 1. The van der Waals surface area contributed by atoms with Crippen LogP contribution in [0.15, 0.2) is 6.20 Å². The van der Waals surface area contributed by atoms with Gasteiger partial charge in [-0.15, -0.1) is 5.10 Å². The minimum absolute atomic E-state index is 0.0409. The summed E-state index contributed by atoms with van der Waals surface area (Å²) in [6.07, 6.45) is 11.3. The molecule has 3 aliphatic heterocycles. The van der Waals surface area contributed by atoms with Gasteiger partial charge in [-0.05, 0) is 44.4 Å². The molecular weight excluding hydrogens is 612 g/mol. The van der Waals surface area contributed by atoms with Gasteiger partial charge >= 0.3 is 0 Å². The predicted octanol–water partition coefficient (Wildman–Crippen LogP) is 2.62. The van der Waals surface area contributed by atoms with E-state index in [0.29, 0.717) is 57.7 Å². The van der Waals surface area contributed by atoms with Gasteiger partial charge in [-0.2, -0.15) is 0 Å². The van der Waals surface area contributed by atoms with Crippen LogP contribution in [0.1, 0.15) is 95.2 Å². The summed E-state index contributed by atoms with van der Waals surface area (Å²) in [7, 11) is 0. The number of halogens is 2. The highest BCUT2D eigenvalue weighted by Crippen LogP contribution is 2.38. The van der Waals surface area contributed by atoms with Crippen LogP contribution in [0.4, 0.5) is 8.78 Å². The molecule has 1 aromatic heterocycles. The topological polar surface area (TPSA) is 131 Å². The molecule has 0 radical (unpaired) electrons. The number of carbonyl (C=O) groups is 3. The molecule has 262 valence electrons. The highest BCUT2D eigenvalue weighted by Gasteiger charge is 2.47. The fourth-order valence-corrected chi connectivity index (χ4v) is 8.42. The quantitative estimate of drug-likeness (QED) is 0.503. The Morgan fingerprint density at radius 2 is 1.64 bits per heavy atom. The lowest BCUT2D eigenvalue weighted by Gasteiger charge is -2.46. The van der Waals surface area contributed by atoms with Crippen LogP contribution >= 0.6 is 0 Å². The molecule has 14 heteroatoms. The van der Waals surface area contributed by atoms with Crippen molar-refractivity contribution in [2.45, 2.75) is 119 Å². The number of amides is 3. The Morgan fingerprint density at radius 3 is 2.40 bits per heavy atom. The maximum absolute atomic E-state index is 14.2. The van der Waals surface area contributed by atoms with Crippen molar-refractivity contribution in [1.82, 2.24) is 35.4 Å². The van der Waals surface area contributed by atoms with E-state index in [1.54, 1.807) is 9.58 Å². The van der Waals surface area contributed by atoms with Crippen molar-refractivity contribution < 1.29 is 32.6 Å². The van der Waals surface area contributed by atoms with Gasteiger partial charge in [0.15, 0.2) is 0 Å². The van der Waals surface area contributed by atoms with Gasteiger partial charge in [0.1, 0.15) is 12.6 Å². The van der Waals surface area contributed by atoms with Crippen LogP contribution in [0.2, 0.25) is 0 Å². The number of nitrogens with one attached hydrogen (secondary N) is 2. The third-order valence-corrected chi connectivity index (χ3v) is 11.1. The second kappa shape index (κ2) is 15.2. The summed E-state index contributed by atoms with van der Waals surface area (Å²) < 4.78 is 40.6. The molecule has 0 bridgehead atoms. The number of piperidine rings is 1. The number of rotatable bonds is 4. The lowest BCUT2D eigenvalue weighted by atomic mass is 9.81. The molecule has 3 amide bonds. The second-order valence-electron chi connectivity index (χ2n) is 14.4. The molecule has 5 aliphatic rings. The molecule has 1 aromatic rings. The van der Waals surface area contributed by atoms with Crippen molar-refractivity contribution in [2.24, 2.45) is 5.92 Å². The zero-order valence-corrected chi connectivity index (χ0v) is 27.5. The minimum atomic E-state index is -2.60. The fraction of sp³-hybridized carbons (Fsp3) is 0.848. The smallest absolute Gasteiger partial charge is 0.248 e. The molecule has 2 aliphatic carbocycles. The molecule has 47 heavy (non-hydrogen) atoms. The lowest BCUT2D eigenvalue weighted by Crippen LogP contribution is -2.60. The summed E-state index contributed by atoms with van der Waals surface area (Å²) in [5.41, 5.74) is 0.0840. The van der Waals surface area contributed by atoms with Crippen LogP contribution in [0.25, 0.3) is 0 Å². The first-order valence-electron chi connectivity index (χ1n) is 17.8. The monoisotopic (exact) mass is 663 g/mol. The van der Waals surface area contributed by atoms with Crippen LogP contribution in [0.5, 0.6) is 0 Å². The van der Waals surface area contributed by atoms with E-state index in [2.05, 4.69) is 25.8 Å². The van der Waals surface area contributed by atoms with Gasteiger partial charge in [0.25, 0.3) is 0 Å². The number of aromatic nitrogens is 3. The fourth-order valence-electron chi connectivity index (χ4n) is 8.42. The average molecular weight is 664 g/mol. The number of ether oxygens (including phenoxy) is 2. The molecule has 2 saturated carbocycles. The van der Waals surface area contributed by atoms with Gasteiger partial charge in [-0.25, -0.2) is 13.5 Å². The summed E-state index contributed by atoms with van der Waals surface area (Å²) in [4.78, 5) is 44.9. The number of fused-ring (bicyclic) bond motifs is 1. The van der Waals surface area contributed by atoms with Crippen LogP contribution in [-0.4, -0.2) is 119 Å². The standard InChI is InChI=1S/C33H51F2N7O5/c34-33(35)9-6-26(7-10-33)40-15-11-32(12-16-40)21-29(44)41-14-8-27(42-22-25(38-39-42)20-24-4-2-1-3-5-24)30(41)31(45)36-13-17-46-18-19-47-23-28(43)37-32/h22,24,26-27,30H,1-21,23H2,(H,36,45)(H,37,43)/t27-,30+/m1/s1. The zero-order valence-electron chi connectivity index (χ0n) is 27.5. The Balaban J connectivity index is 1.18. The number of carbonyl (C=O) groups excluding carboxylic acids is 3. The van der Waals surface area contributed by atoms with E-state index in [4.69, 9.17) is 9.47 Å². The van der Waals surface area contributed by atoms with Crippen LogP contribution in [0, 0.1) is 5.92 Å². The third-order valence-electron chi connectivity index (χ3n) is 11.1. The van der Waals surface area contributed by atoms with Gasteiger partial charge in [0.05, 0.1) is 43.5 Å². The van der Waals surface area contributed by atoms with Gasteiger partial charge in [-0.3, -0.25) is 14.4 Å². The van der Waals surface area contributed by atoms with Crippen LogP contribution in [-0.2, 0) is 30.3 Å². The highest BCUT2D eigenvalue weighted by atomic mass is 19.3. The van der Waals surface area contributed by atoms with Crippen molar-refractivity contribution >= 4 is 17.7 Å². The van der Waals surface area contributed by atoms with Crippen molar-refractivity contribution in [1.29, 1.82) is 0 Å². The Labute approximate surface area is 275 Å². The second-order valence-corrected chi connectivity index (χ2v) is 14.4. The summed E-state index contributed by atoms with van der Waals surface area (Å²) in [5.74, 6) is -2.77. The normalized spacial score (nSPS) is 29.4. The molecule has 0 aromatic carbocycles. The Morgan fingerprint density at radius 1 is 0.894 bits per heavy atom. The first-order chi connectivity index (χ1) is 22.7. The van der Waals surface area contributed by atoms with E-state index in [1.807, 2.05) is 6.20 Å². The maximum atomic E-state index is 14.2. The summed E-state index contributed by atoms with van der Waals surface area (Å²) in [6, 6.07) is -1.07. The largest absolute Gasteiger partial charge is 0.377 e. The number of hydrogen-bond acceptors (Lipinski definition) is 8. The van der Waals surface area contributed by atoms with Crippen molar-refractivity contribution in [3.8, 4) is 0 Å². The van der Waals surface area contributed by atoms with Crippen molar-refractivity contribution in [3.63, 3.8) is 0 Å². The van der Waals surface area contributed by atoms with E-state index >= 15 is 0 Å². The minimum Gasteiger partial charge on any atom is -0.377 e. The summed E-state index contributed by atoms with van der Waals surface area (Å²) >= 11 is 0. The Hall–Kier alpha value is -2.71. The van der Waals surface area contributed by atoms with Crippen molar-refractivity contribution in [3.05, 3.63) is 11.9 Å². The maximum Gasteiger partial charge on any atom is 0.248 e. The molecule has 5 fully saturated rings. The van der Waals surface area contributed by atoms with E-state index in [9.17, 15) is 23.2 Å². The van der Waals surface area contributed by atoms with E-state index in [-0.39, 0.29) is 82.0 Å². The van der Waals surface area contributed by atoms with Crippen LogP contribution < -0.4 is 10.6 Å². The number of nitrogens with zero attached hydrogens (tertiary/aromatic N) is 5. The first-order valence-corrected chi connectivity index (χ1v) is 17.8. The molecule has 4 heterocycles. The van der Waals surface area contributed by atoms with E-state index in [0.717, 1.165) is 12.1 Å². The summed E-state index contributed by atoms with van der Waals surface area (Å²) in [6.45, 7) is 2.47. The molecule has 2 atom stereocenters. The lowest BCUT2D eigenvalue weighted by molar-refractivity contribution is -0.142. The first kappa shape index (κ1) is 34.2. The molecular formula is C33H51F2N7O5. The molecule has 0 unspecified atom stereocenters. The molecule has 3 saturated heterocycles. The third kappa shape index (κ3) is 8.66. The van der Waals surface area contributed by atoms with Crippen molar-refractivity contribution in [2.75, 3.05) is 52.6 Å². The SMILES string of the molecule is O=C1COCCOCCNC(=O)[C@@H]2[C@H](n3cc(CC4CCCCC4)nn3)CCN2C(=O)CC2(CCN(C3CCC(F)(F)CC3)CC2)N1. The Kier molecular flexibility index (Phi) is 11.1. The van der Waals surface area contributed by atoms with E-state index < -0.39 is 17.5 Å². The molecule has 1 spiro atoms.